The molecule has 3 nitrogen and oxygen atoms in total. The molecule has 2 aromatic carbocycles. The quantitative estimate of drug-likeness (QED) is 0.682. The van der Waals surface area contributed by atoms with Crippen LogP contribution in [0.15, 0.2) is 53.4 Å². The molecule has 3 aromatic rings. The number of rotatable bonds is 1. The third-order valence-electron chi connectivity index (χ3n) is 3.31. The minimum absolute atomic E-state index is 0.279. The molecule has 0 N–H and O–H groups in total. The molecule has 1 aromatic heterocycles. The van der Waals surface area contributed by atoms with Crippen LogP contribution >= 0.6 is 11.8 Å². The van der Waals surface area contributed by atoms with Crippen molar-refractivity contribution in [2.75, 3.05) is 0 Å². The van der Waals surface area contributed by atoms with E-state index in [1.807, 2.05) is 28.8 Å². The van der Waals surface area contributed by atoms with E-state index in [2.05, 4.69) is 16.3 Å². The highest BCUT2D eigenvalue weighted by molar-refractivity contribution is 7.98. The summed E-state index contributed by atoms with van der Waals surface area (Å²) in [6.07, 6.45) is 0. The summed E-state index contributed by atoms with van der Waals surface area (Å²) < 4.78 is 16.0. The lowest BCUT2D eigenvalue weighted by Crippen LogP contribution is -2.08. The Balaban J connectivity index is 1.99. The van der Waals surface area contributed by atoms with Crippen LogP contribution in [0, 0.1) is 5.82 Å². The van der Waals surface area contributed by atoms with Gasteiger partial charge in [-0.15, -0.1) is 22.0 Å². The van der Waals surface area contributed by atoms with Gasteiger partial charge in [-0.05, 0) is 24.3 Å². The number of thioether (sulfide) groups is 1. The molecule has 20 heavy (non-hydrogen) atoms. The maximum absolute atomic E-state index is 14.0. The van der Waals surface area contributed by atoms with Crippen LogP contribution in [-0.4, -0.2) is 14.8 Å². The fourth-order valence-corrected chi connectivity index (χ4v) is 3.34. The molecule has 0 aliphatic carbocycles. The van der Waals surface area contributed by atoms with Crippen molar-refractivity contribution in [1.82, 2.24) is 14.8 Å². The molecule has 0 spiro atoms. The number of fused-ring (bicyclic) bond motifs is 3. The Morgan fingerprint density at radius 3 is 2.70 bits per heavy atom. The van der Waals surface area contributed by atoms with Crippen molar-refractivity contribution in [3.63, 3.8) is 0 Å². The maximum atomic E-state index is 14.0. The van der Waals surface area contributed by atoms with E-state index in [0.29, 0.717) is 11.4 Å². The smallest absolute Gasteiger partial charge is 0.171 e. The Bertz CT molecular complexity index is 797. The first-order chi connectivity index (χ1) is 9.84. The van der Waals surface area contributed by atoms with E-state index >= 15 is 0 Å². The Kier molecular flexibility index (Phi) is 2.60. The largest absolute Gasteiger partial charge is 0.277 e. The van der Waals surface area contributed by atoms with Crippen LogP contribution in [0.1, 0.15) is 5.82 Å². The number of benzene rings is 2. The molecule has 0 radical (unpaired) electrons. The van der Waals surface area contributed by atoms with Crippen LogP contribution in [0.2, 0.25) is 0 Å². The van der Waals surface area contributed by atoms with Gasteiger partial charge in [0.25, 0.3) is 0 Å². The van der Waals surface area contributed by atoms with Crippen LogP contribution in [0.5, 0.6) is 0 Å². The first kappa shape index (κ1) is 11.7. The van der Waals surface area contributed by atoms with Gasteiger partial charge in [0.15, 0.2) is 5.82 Å². The summed E-state index contributed by atoms with van der Waals surface area (Å²) in [7, 11) is 0. The average Bonchev–Trinajstić information content (AvgIpc) is 2.92. The number of halogens is 1. The molecule has 98 valence electrons. The van der Waals surface area contributed by atoms with Crippen LogP contribution in [-0.2, 0) is 5.75 Å². The lowest BCUT2D eigenvalue weighted by Gasteiger charge is -2.18. The second kappa shape index (κ2) is 4.45. The highest BCUT2D eigenvalue weighted by Gasteiger charge is 2.23. The van der Waals surface area contributed by atoms with E-state index in [1.54, 1.807) is 23.9 Å². The normalized spacial score (nSPS) is 12.8. The molecule has 1 aliphatic heterocycles. The summed E-state index contributed by atoms with van der Waals surface area (Å²) in [5.41, 5.74) is 1.50. The number of nitrogens with zero attached hydrogens (tertiary/aromatic N) is 3. The molecule has 1 aliphatic rings. The summed E-state index contributed by atoms with van der Waals surface area (Å²) in [5, 5.41) is 8.39. The molecule has 0 fully saturated rings. The van der Waals surface area contributed by atoms with E-state index < -0.39 is 0 Å². The van der Waals surface area contributed by atoms with Gasteiger partial charge in [0.2, 0.25) is 0 Å². The van der Waals surface area contributed by atoms with Gasteiger partial charge in [-0.1, -0.05) is 24.3 Å². The third kappa shape index (κ3) is 1.67. The second-order valence-electron chi connectivity index (χ2n) is 4.51. The first-order valence-corrected chi connectivity index (χ1v) is 7.24. The number of hydrogen-bond acceptors (Lipinski definition) is 3. The van der Waals surface area contributed by atoms with Gasteiger partial charge in [0.1, 0.15) is 11.6 Å². The van der Waals surface area contributed by atoms with Crippen LogP contribution in [0.25, 0.3) is 17.1 Å². The number of aromatic nitrogens is 3. The van der Waals surface area contributed by atoms with E-state index in [9.17, 15) is 4.39 Å². The summed E-state index contributed by atoms with van der Waals surface area (Å²) in [6, 6.07) is 14.7. The average molecular weight is 283 g/mol. The zero-order valence-electron chi connectivity index (χ0n) is 10.5. The lowest BCUT2D eigenvalue weighted by atomic mass is 10.2. The molecule has 0 amide bonds. The van der Waals surface area contributed by atoms with Gasteiger partial charge in [-0.2, -0.15) is 0 Å². The van der Waals surface area contributed by atoms with Gasteiger partial charge in [-0.3, -0.25) is 4.57 Å². The van der Waals surface area contributed by atoms with Crippen molar-refractivity contribution in [2.24, 2.45) is 0 Å². The van der Waals surface area contributed by atoms with E-state index in [4.69, 9.17) is 0 Å². The fraction of sp³-hybridized carbons (Fsp3) is 0.0667. The first-order valence-electron chi connectivity index (χ1n) is 6.26. The minimum atomic E-state index is -0.279. The van der Waals surface area contributed by atoms with Crippen molar-refractivity contribution < 1.29 is 4.39 Å². The third-order valence-corrected chi connectivity index (χ3v) is 4.37. The van der Waals surface area contributed by atoms with Crippen molar-refractivity contribution in [2.45, 2.75) is 10.6 Å². The van der Waals surface area contributed by atoms with Crippen LogP contribution in [0.4, 0.5) is 4.39 Å². The molecule has 0 bridgehead atoms. The number of para-hydroxylation sites is 1. The van der Waals surface area contributed by atoms with E-state index in [1.165, 1.54) is 6.07 Å². The molecule has 5 heteroatoms. The summed E-state index contributed by atoms with van der Waals surface area (Å²) in [5.74, 6) is 1.88. The SMILES string of the molecule is Fc1ccccc1-c1nnc2n1-c1ccccc1SC2. The molecule has 0 unspecified atom stereocenters. The van der Waals surface area contributed by atoms with E-state index in [-0.39, 0.29) is 5.82 Å². The fourth-order valence-electron chi connectivity index (χ4n) is 2.39. The van der Waals surface area contributed by atoms with E-state index in [0.717, 1.165) is 22.2 Å². The van der Waals surface area contributed by atoms with Gasteiger partial charge in [0.05, 0.1) is 17.0 Å². The molecular formula is C15H10FN3S. The zero-order valence-corrected chi connectivity index (χ0v) is 11.3. The topological polar surface area (TPSA) is 30.7 Å². The molecule has 0 saturated heterocycles. The van der Waals surface area contributed by atoms with Crippen molar-refractivity contribution >= 4 is 11.8 Å². The van der Waals surface area contributed by atoms with Crippen LogP contribution in [0.3, 0.4) is 0 Å². The number of hydrogen-bond donors (Lipinski definition) is 0. The highest BCUT2D eigenvalue weighted by atomic mass is 32.2. The lowest BCUT2D eigenvalue weighted by molar-refractivity contribution is 0.629. The van der Waals surface area contributed by atoms with Gasteiger partial charge in [0, 0.05) is 4.90 Å². The van der Waals surface area contributed by atoms with Gasteiger partial charge < -0.3 is 0 Å². The monoisotopic (exact) mass is 283 g/mol. The van der Waals surface area contributed by atoms with Gasteiger partial charge in [-0.25, -0.2) is 4.39 Å². The minimum Gasteiger partial charge on any atom is -0.277 e. The zero-order chi connectivity index (χ0) is 13.5. The van der Waals surface area contributed by atoms with Gasteiger partial charge >= 0.3 is 0 Å². The Labute approximate surface area is 119 Å². The molecule has 0 atom stereocenters. The maximum Gasteiger partial charge on any atom is 0.171 e. The molecular weight excluding hydrogens is 273 g/mol. The predicted molar refractivity (Wildman–Crippen MR) is 76.3 cm³/mol. The Morgan fingerprint density at radius 2 is 1.80 bits per heavy atom. The van der Waals surface area contributed by atoms with Crippen molar-refractivity contribution in [1.29, 1.82) is 0 Å². The van der Waals surface area contributed by atoms with Crippen LogP contribution < -0.4 is 0 Å². The summed E-state index contributed by atoms with van der Waals surface area (Å²) in [6.45, 7) is 0. The molecule has 0 saturated carbocycles. The Hall–Kier alpha value is -2.14. The van der Waals surface area contributed by atoms with Crippen molar-refractivity contribution in [3.05, 3.63) is 60.2 Å². The summed E-state index contributed by atoms with van der Waals surface area (Å²) >= 11 is 1.73. The Morgan fingerprint density at radius 1 is 1.00 bits per heavy atom. The standard InChI is InChI=1S/C15H10FN3S/c16-11-6-2-1-5-10(11)15-18-17-14-9-20-13-8-4-3-7-12(13)19(14)15/h1-8H,9H2. The predicted octanol–water partition coefficient (Wildman–Crippen LogP) is 3.68. The second-order valence-corrected chi connectivity index (χ2v) is 5.53. The molecule has 2 heterocycles. The molecule has 4 rings (SSSR count). The summed E-state index contributed by atoms with van der Waals surface area (Å²) in [4.78, 5) is 1.16. The van der Waals surface area contributed by atoms with Crippen molar-refractivity contribution in [3.8, 4) is 17.1 Å². The highest BCUT2D eigenvalue weighted by Crippen LogP contribution is 2.37.